The highest BCUT2D eigenvalue weighted by molar-refractivity contribution is 5.09. The van der Waals surface area contributed by atoms with E-state index in [1.807, 2.05) is 6.20 Å². The van der Waals surface area contributed by atoms with Gasteiger partial charge in [-0.2, -0.15) is 5.10 Å². The minimum Gasteiger partial charge on any atom is -0.306 e. The molecule has 0 aliphatic carbocycles. The van der Waals surface area contributed by atoms with Crippen LogP contribution in [0.3, 0.4) is 0 Å². The minimum atomic E-state index is 0.730. The van der Waals surface area contributed by atoms with Crippen LogP contribution in [0.2, 0.25) is 0 Å². The summed E-state index contributed by atoms with van der Waals surface area (Å²) < 4.78 is 2.13. The highest BCUT2D eigenvalue weighted by atomic mass is 15.3. The van der Waals surface area contributed by atoms with Crippen LogP contribution < -0.4 is 0 Å². The lowest BCUT2D eigenvalue weighted by atomic mass is 9.94. The molecule has 0 saturated carbocycles. The Hall–Kier alpha value is -0.830. The fourth-order valence-corrected chi connectivity index (χ4v) is 2.26. The Labute approximate surface area is 85.7 Å². The lowest BCUT2D eigenvalue weighted by Gasteiger charge is -2.29. The molecule has 1 fully saturated rings. The Balaban J connectivity index is 2.08. The van der Waals surface area contributed by atoms with E-state index < -0.39 is 0 Å². The van der Waals surface area contributed by atoms with Gasteiger partial charge in [0.25, 0.3) is 0 Å². The zero-order valence-corrected chi connectivity index (χ0v) is 9.11. The maximum atomic E-state index is 4.33. The second-order valence-electron chi connectivity index (χ2n) is 4.15. The van der Waals surface area contributed by atoms with Crippen LogP contribution in [0, 0.1) is 0 Å². The number of aromatic nitrogens is 2. The molecule has 1 saturated heterocycles. The predicted octanol–water partition coefficient (Wildman–Crippen LogP) is 1.71. The molecule has 3 nitrogen and oxygen atoms in total. The lowest BCUT2D eigenvalue weighted by molar-refractivity contribution is 0.250. The van der Waals surface area contributed by atoms with Crippen LogP contribution in [0.5, 0.6) is 0 Å². The van der Waals surface area contributed by atoms with Crippen molar-refractivity contribution in [1.29, 1.82) is 0 Å². The van der Waals surface area contributed by atoms with Crippen molar-refractivity contribution in [3.63, 3.8) is 0 Å². The van der Waals surface area contributed by atoms with Gasteiger partial charge in [-0.3, -0.25) is 4.68 Å². The molecular weight excluding hydrogens is 174 g/mol. The van der Waals surface area contributed by atoms with Crippen molar-refractivity contribution in [1.82, 2.24) is 14.7 Å². The number of piperidine rings is 1. The monoisotopic (exact) mass is 193 g/mol. The predicted molar refractivity (Wildman–Crippen MR) is 57.4 cm³/mol. The first kappa shape index (κ1) is 9.71. The molecule has 14 heavy (non-hydrogen) atoms. The molecule has 1 aliphatic heterocycles. The number of nitrogens with zero attached hydrogens (tertiary/aromatic N) is 3. The Morgan fingerprint density at radius 2 is 2.14 bits per heavy atom. The average molecular weight is 193 g/mol. The molecule has 1 aromatic rings. The standard InChI is InChI=1S/C11H19N3/c1-3-14-11(4-7-12-14)10-5-8-13(2)9-6-10/h4,7,10H,3,5-6,8-9H2,1-2H3. The van der Waals surface area contributed by atoms with E-state index in [1.165, 1.54) is 31.6 Å². The van der Waals surface area contributed by atoms with Gasteiger partial charge in [-0.25, -0.2) is 0 Å². The molecule has 0 amide bonds. The normalized spacial score (nSPS) is 20.1. The Morgan fingerprint density at radius 1 is 1.43 bits per heavy atom. The van der Waals surface area contributed by atoms with E-state index in [9.17, 15) is 0 Å². The van der Waals surface area contributed by atoms with Gasteiger partial charge in [-0.15, -0.1) is 0 Å². The van der Waals surface area contributed by atoms with Crippen LogP contribution in [0.15, 0.2) is 12.3 Å². The Morgan fingerprint density at radius 3 is 2.79 bits per heavy atom. The summed E-state index contributed by atoms with van der Waals surface area (Å²) in [5, 5.41) is 4.33. The van der Waals surface area contributed by atoms with E-state index in [-0.39, 0.29) is 0 Å². The fourth-order valence-electron chi connectivity index (χ4n) is 2.26. The highest BCUT2D eigenvalue weighted by Gasteiger charge is 2.20. The molecule has 0 radical (unpaired) electrons. The Kier molecular flexibility index (Phi) is 2.87. The quantitative estimate of drug-likeness (QED) is 0.713. The third-order valence-electron chi connectivity index (χ3n) is 3.19. The summed E-state index contributed by atoms with van der Waals surface area (Å²) in [5.41, 5.74) is 1.43. The van der Waals surface area contributed by atoms with Crippen LogP contribution in [-0.2, 0) is 6.54 Å². The van der Waals surface area contributed by atoms with Gasteiger partial charge in [0, 0.05) is 24.4 Å². The topological polar surface area (TPSA) is 21.1 Å². The van der Waals surface area contributed by atoms with Crippen LogP contribution in [0.25, 0.3) is 0 Å². The summed E-state index contributed by atoms with van der Waals surface area (Å²) in [4.78, 5) is 2.41. The van der Waals surface area contributed by atoms with E-state index in [2.05, 4.69) is 34.7 Å². The maximum Gasteiger partial charge on any atom is 0.0492 e. The van der Waals surface area contributed by atoms with Gasteiger partial charge in [0.1, 0.15) is 0 Å². The van der Waals surface area contributed by atoms with E-state index in [1.54, 1.807) is 0 Å². The summed E-state index contributed by atoms with van der Waals surface area (Å²) in [6.45, 7) is 5.60. The SMILES string of the molecule is CCn1nccc1C1CCN(C)CC1. The molecule has 0 N–H and O–H groups in total. The average Bonchev–Trinajstić information content (AvgIpc) is 2.67. The summed E-state index contributed by atoms with van der Waals surface area (Å²) in [6, 6.07) is 2.18. The summed E-state index contributed by atoms with van der Waals surface area (Å²) >= 11 is 0. The second kappa shape index (κ2) is 4.13. The van der Waals surface area contributed by atoms with Crippen molar-refractivity contribution in [3.8, 4) is 0 Å². The first-order chi connectivity index (χ1) is 6.81. The largest absolute Gasteiger partial charge is 0.306 e. The number of hydrogen-bond donors (Lipinski definition) is 0. The summed E-state index contributed by atoms with van der Waals surface area (Å²) in [5.74, 6) is 0.730. The molecule has 78 valence electrons. The van der Waals surface area contributed by atoms with Gasteiger partial charge >= 0.3 is 0 Å². The molecular formula is C11H19N3. The van der Waals surface area contributed by atoms with E-state index in [4.69, 9.17) is 0 Å². The zero-order valence-electron chi connectivity index (χ0n) is 9.11. The molecule has 3 heteroatoms. The molecule has 0 spiro atoms. The summed E-state index contributed by atoms with van der Waals surface area (Å²) in [6.07, 6.45) is 4.49. The third-order valence-corrected chi connectivity index (χ3v) is 3.19. The van der Waals surface area contributed by atoms with Crippen LogP contribution in [0.4, 0.5) is 0 Å². The van der Waals surface area contributed by atoms with Crippen molar-refractivity contribution >= 4 is 0 Å². The van der Waals surface area contributed by atoms with Crippen molar-refractivity contribution < 1.29 is 0 Å². The minimum absolute atomic E-state index is 0.730. The van der Waals surface area contributed by atoms with E-state index in [0.29, 0.717) is 0 Å². The number of likely N-dealkylation sites (tertiary alicyclic amines) is 1. The van der Waals surface area contributed by atoms with Gasteiger partial charge < -0.3 is 4.90 Å². The van der Waals surface area contributed by atoms with E-state index >= 15 is 0 Å². The van der Waals surface area contributed by atoms with Crippen molar-refractivity contribution in [2.24, 2.45) is 0 Å². The molecule has 1 aromatic heterocycles. The van der Waals surface area contributed by atoms with Crippen molar-refractivity contribution in [3.05, 3.63) is 18.0 Å². The highest BCUT2D eigenvalue weighted by Crippen LogP contribution is 2.26. The molecule has 1 aliphatic rings. The van der Waals surface area contributed by atoms with E-state index in [0.717, 1.165) is 12.5 Å². The molecule has 2 heterocycles. The third kappa shape index (κ3) is 1.82. The second-order valence-corrected chi connectivity index (χ2v) is 4.15. The fraction of sp³-hybridized carbons (Fsp3) is 0.727. The first-order valence-electron chi connectivity index (χ1n) is 5.51. The maximum absolute atomic E-state index is 4.33. The lowest BCUT2D eigenvalue weighted by Crippen LogP contribution is -2.30. The van der Waals surface area contributed by atoms with Crippen LogP contribution in [0.1, 0.15) is 31.4 Å². The Bertz CT molecular complexity index is 284. The van der Waals surface area contributed by atoms with Gasteiger partial charge in [-0.05, 0) is 46.0 Å². The molecule has 0 bridgehead atoms. The number of aryl methyl sites for hydroxylation is 1. The first-order valence-corrected chi connectivity index (χ1v) is 5.51. The van der Waals surface area contributed by atoms with Crippen molar-refractivity contribution in [2.45, 2.75) is 32.2 Å². The van der Waals surface area contributed by atoms with Crippen LogP contribution in [-0.4, -0.2) is 34.8 Å². The van der Waals surface area contributed by atoms with Gasteiger partial charge in [0.2, 0.25) is 0 Å². The number of hydrogen-bond acceptors (Lipinski definition) is 2. The smallest absolute Gasteiger partial charge is 0.0492 e. The molecule has 0 aromatic carbocycles. The zero-order chi connectivity index (χ0) is 9.97. The van der Waals surface area contributed by atoms with Gasteiger partial charge in [0.05, 0.1) is 0 Å². The van der Waals surface area contributed by atoms with Crippen molar-refractivity contribution in [2.75, 3.05) is 20.1 Å². The number of rotatable bonds is 2. The summed E-state index contributed by atoms with van der Waals surface area (Å²) in [7, 11) is 2.20. The van der Waals surface area contributed by atoms with Gasteiger partial charge in [-0.1, -0.05) is 0 Å². The van der Waals surface area contributed by atoms with Crippen LogP contribution >= 0.6 is 0 Å². The molecule has 0 atom stereocenters. The molecule has 0 unspecified atom stereocenters. The molecule has 2 rings (SSSR count). The van der Waals surface area contributed by atoms with Gasteiger partial charge in [0.15, 0.2) is 0 Å².